The third kappa shape index (κ3) is 5.14. The Balaban J connectivity index is 1.61. The highest BCUT2D eigenvalue weighted by Crippen LogP contribution is 2.36. The summed E-state index contributed by atoms with van der Waals surface area (Å²) in [6, 6.07) is 20.1. The van der Waals surface area contributed by atoms with Gasteiger partial charge in [0.1, 0.15) is 0 Å². The van der Waals surface area contributed by atoms with Gasteiger partial charge in [-0.1, -0.05) is 72.4 Å². The summed E-state index contributed by atoms with van der Waals surface area (Å²) in [7, 11) is 0. The second kappa shape index (κ2) is 10.6. The average Bonchev–Trinajstić information content (AvgIpc) is 3.55. The second-order valence-electron chi connectivity index (χ2n) is 8.73. The Hall–Kier alpha value is -2.80. The molecule has 1 fully saturated rings. The van der Waals surface area contributed by atoms with Crippen LogP contribution in [0.3, 0.4) is 0 Å². The van der Waals surface area contributed by atoms with Crippen molar-refractivity contribution in [1.29, 1.82) is 0 Å². The first-order valence-corrected chi connectivity index (χ1v) is 12.3. The molecule has 0 N–H and O–H groups in total. The number of nitrogens with zero attached hydrogens (tertiary/aromatic N) is 6. The van der Waals surface area contributed by atoms with Gasteiger partial charge in [0.2, 0.25) is 0 Å². The molecule has 0 unspecified atom stereocenters. The molecule has 0 radical (unpaired) electrons. The first-order chi connectivity index (χ1) is 16.7. The van der Waals surface area contributed by atoms with E-state index >= 15 is 0 Å². The topological polar surface area (TPSA) is 59.7 Å². The van der Waals surface area contributed by atoms with E-state index in [2.05, 4.69) is 49.7 Å². The normalized spacial score (nSPS) is 15.1. The molecule has 1 atom stereocenters. The van der Waals surface area contributed by atoms with Crippen molar-refractivity contribution in [3.8, 4) is 0 Å². The van der Waals surface area contributed by atoms with Gasteiger partial charge in [0.15, 0.2) is 5.82 Å². The maximum atomic E-state index is 6.60. The maximum Gasteiger partial charge on any atom is 0.173 e. The fourth-order valence-electron chi connectivity index (χ4n) is 4.77. The van der Waals surface area contributed by atoms with Gasteiger partial charge in [-0.05, 0) is 64.2 Å². The minimum atomic E-state index is -0.190. The summed E-state index contributed by atoms with van der Waals surface area (Å²) in [5.41, 5.74) is 3.23. The van der Waals surface area contributed by atoms with Crippen LogP contribution < -0.4 is 0 Å². The van der Waals surface area contributed by atoms with Crippen LogP contribution >= 0.6 is 23.2 Å². The van der Waals surface area contributed by atoms with Crippen molar-refractivity contribution in [3.63, 3.8) is 0 Å². The maximum absolute atomic E-state index is 6.60. The van der Waals surface area contributed by atoms with Gasteiger partial charge in [0.25, 0.3) is 0 Å². The Labute approximate surface area is 209 Å². The van der Waals surface area contributed by atoms with Gasteiger partial charge in [-0.2, -0.15) is 0 Å². The summed E-state index contributed by atoms with van der Waals surface area (Å²) in [6.45, 7) is 1.28. The summed E-state index contributed by atoms with van der Waals surface area (Å²) >= 11 is 12.9. The largest absolute Gasteiger partial charge is 0.281 e. The molecular weight excluding hydrogens is 467 g/mol. The van der Waals surface area contributed by atoms with Crippen LogP contribution in [0.5, 0.6) is 0 Å². The molecule has 2 aromatic heterocycles. The number of rotatable bonds is 8. The molecule has 2 aromatic carbocycles. The molecule has 6 nitrogen and oxygen atoms in total. The van der Waals surface area contributed by atoms with Crippen molar-refractivity contribution in [2.24, 2.45) is 0 Å². The second-order valence-corrected chi connectivity index (χ2v) is 9.58. The van der Waals surface area contributed by atoms with Gasteiger partial charge in [-0.3, -0.25) is 9.88 Å². The molecule has 1 saturated carbocycles. The highest BCUT2D eigenvalue weighted by atomic mass is 35.5. The number of tetrazole rings is 1. The Morgan fingerprint density at radius 1 is 0.941 bits per heavy atom. The fraction of sp³-hybridized carbons (Fsp3) is 0.308. The summed E-state index contributed by atoms with van der Waals surface area (Å²) < 4.78 is 2.04. The van der Waals surface area contributed by atoms with E-state index in [1.54, 1.807) is 6.20 Å². The van der Waals surface area contributed by atoms with Crippen LogP contribution in [-0.2, 0) is 13.1 Å². The number of aromatic nitrogens is 5. The smallest absolute Gasteiger partial charge is 0.173 e. The van der Waals surface area contributed by atoms with E-state index in [0.29, 0.717) is 24.2 Å². The lowest BCUT2D eigenvalue weighted by Crippen LogP contribution is -2.32. The molecule has 5 rings (SSSR count). The predicted octanol–water partition coefficient (Wildman–Crippen LogP) is 6.28. The van der Waals surface area contributed by atoms with E-state index < -0.39 is 0 Å². The van der Waals surface area contributed by atoms with E-state index in [-0.39, 0.29) is 6.04 Å². The minimum Gasteiger partial charge on any atom is -0.281 e. The van der Waals surface area contributed by atoms with E-state index in [1.807, 2.05) is 47.3 Å². The molecule has 1 aliphatic rings. The van der Waals surface area contributed by atoms with Gasteiger partial charge in [0, 0.05) is 35.5 Å². The van der Waals surface area contributed by atoms with Crippen LogP contribution in [0.15, 0.2) is 73.1 Å². The highest BCUT2D eigenvalue weighted by Gasteiger charge is 2.32. The molecule has 0 bridgehead atoms. The third-order valence-electron chi connectivity index (χ3n) is 6.42. The van der Waals surface area contributed by atoms with Crippen molar-refractivity contribution in [2.75, 3.05) is 0 Å². The zero-order chi connectivity index (χ0) is 23.3. The molecule has 2 heterocycles. The average molecular weight is 493 g/mol. The van der Waals surface area contributed by atoms with Gasteiger partial charge in [0.05, 0.1) is 12.1 Å². The summed E-state index contributed by atoms with van der Waals surface area (Å²) in [4.78, 5) is 6.69. The monoisotopic (exact) mass is 492 g/mol. The van der Waals surface area contributed by atoms with Crippen molar-refractivity contribution in [1.82, 2.24) is 30.1 Å². The quantitative estimate of drug-likeness (QED) is 0.289. The zero-order valence-corrected chi connectivity index (χ0v) is 20.3. The molecule has 0 amide bonds. The van der Waals surface area contributed by atoms with Crippen LogP contribution in [0, 0.1) is 0 Å². The van der Waals surface area contributed by atoms with Crippen LogP contribution in [0.1, 0.15) is 60.3 Å². The van der Waals surface area contributed by atoms with Gasteiger partial charge < -0.3 is 0 Å². The number of hydrogen-bond acceptors (Lipinski definition) is 5. The van der Waals surface area contributed by atoms with E-state index in [4.69, 9.17) is 23.2 Å². The summed E-state index contributed by atoms with van der Waals surface area (Å²) in [5.74, 6) is 0.838. The van der Waals surface area contributed by atoms with Crippen LogP contribution in [0.25, 0.3) is 0 Å². The van der Waals surface area contributed by atoms with Crippen molar-refractivity contribution in [3.05, 3.63) is 106 Å². The number of benzene rings is 2. The van der Waals surface area contributed by atoms with Gasteiger partial charge in [-0.25, -0.2) is 4.68 Å². The summed E-state index contributed by atoms with van der Waals surface area (Å²) in [6.07, 6.45) is 8.29. The lowest BCUT2D eigenvalue weighted by atomic mass is 10.0. The number of halogens is 2. The minimum absolute atomic E-state index is 0.190. The molecule has 8 heteroatoms. The molecule has 1 aliphatic carbocycles. The Bertz CT molecular complexity index is 1210. The van der Waals surface area contributed by atoms with Crippen LogP contribution in [0.4, 0.5) is 0 Å². The standard InChI is InChI=1S/C26H26Cl2N6/c27-22-13-11-20(12-14-22)25(26-30-31-32-34(26)23-8-2-3-9-23)33(17-19-6-5-15-29-16-19)18-21-7-1-4-10-24(21)28/h1,4-7,10-16,23,25H,2-3,8-9,17-18H2/t25-/m1/s1. The molecule has 174 valence electrons. The van der Waals surface area contributed by atoms with E-state index in [0.717, 1.165) is 40.4 Å². The third-order valence-corrected chi connectivity index (χ3v) is 7.04. The van der Waals surface area contributed by atoms with Crippen molar-refractivity contribution >= 4 is 23.2 Å². The first-order valence-electron chi connectivity index (χ1n) is 11.6. The van der Waals surface area contributed by atoms with E-state index in [9.17, 15) is 0 Å². The highest BCUT2D eigenvalue weighted by molar-refractivity contribution is 6.31. The lowest BCUT2D eigenvalue weighted by Gasteiger charge is -2.32. The Kier molecular flexibility index (Phi) is 7.19. The molecule has 0 saturated heterocycles. The first kappa shape index (κ1) is 23.0. The number of hydrogen-bond donors (Lipinski definition) is 0. The van der Waals surface area contributed by atoms with Gasteiger partial charge >= 0.3 is 0 Å². The SMILES string of the molecule is Clc1ccc([C@H](c2nnnn2C2CCCC2)N(Cc2cccnc2)Cc2ccccc2Cl)cc1. The van der Waals surface area contributed by atoms with Crippen molar-refractivity contribution in [2.45, 2.75) is 50.9 Å². The van der Waals surface area contributed by atoms with Gasteiger partial charge in [-0.15, -0.1) is 5.10 Å². The summed E-state index contributed by atoms with van der Waals surface area (Å²) in [5, 5.41) is 14.6. The Morgan fingerprint density at radius 2 is 1.74 bits per heavy atom. The fourth-order valence-corrected chi connectivity index (χ4v) is 5.09. The molecule has 34 heavy (non-hydrogen) atoms. The van der Waals surface area contributed by atoms with Crippen LogP contribution in [-0.4, -0.2) is 30.1 Å². The van der Waals surface area contributed by atoms with E-state index in [1.165, 1.54) is 12.8 Å². The molecule has 4 aromatic rings. The van der Waals surface area contributed by atoms with Crippen molar-refractivity contribution < 1.29 is 0 Å². The molecule has 0 aliphatic heterocycles. The molecule has 0 spiro atoms. The molecular formula is C26H26Cl2N6. The number of pyridine rings is 1. The lowest BCUT2D eigenvalue weighted by molar-refractivity contribution is 0.191. The predicted molar refractivity (Wildman–Crippen MR) is 134 cm³/mol. The van der Waals surface area contributed by atoms with Crippen LogP contribution in [0.2, 0.25) is 10.0 Å². The Morgan fingerprint density at radius 3 is 2.47 bits per heavy atom. The zero-order valence-electron chi connectivity index (χ0n) is 18.8.